The number of unbranched alkanes of at least 4 members (excludes halogenated alkanes) is 1. The van der Waals surface area contributed by atoms with Gasteiger partial charge in [-0.2, -0.15) is 0 Å². The van der Waals surface area contributed by atoms with E-state index in [1.807, 2.05) is 49.4 Å². The van der Waals surface area contributed by atoms with E-state index in [0.717, 1.165) is 24.0 Å². The smallest absolute Gasteiger partial charge is 0.331 e. The van der Waals surface area contributed by atoms with E-state index in [1.54, 1.807) is 0 Å². The molecule has 0 atom stereocenters. The van der Waals surface area contributed by atoms with Crippen molar-refractivity contribution >= 4 is 12.0 Å². The van der Waals surface area contributed by atoms with Crippen LogP contribution in [0.3, 0.4) is 0 Å². The number of rotatable bonds is 6. The number of hydrogen-bond acceptors (Lipinski definition) is 1. The van der Waals surface area contributed by atoms with Gasteiger partial charge < -0.3 is 5.11 Å². The lowest BCUT2D eigenvalue weighted by atomic mass is 10.0. The van der Waals surface area contributed by atoms with E-state index in [4.69, 9.17) is 0 Å². The molecular weight excluding hydrogens is 224 g/mol. The maximum Gasteiger partial charge on any atom is 0.331 e. The zero-order chi connectivity index (χ0) is 13.4. The summed E-state index contributed by atoms with van der Waals surface area (Å²) in [6.45, 7) is 3.92. The molecule has 0 fully saturated rings. The number of hydrogen-bond donors (Lipinski definition) is 1. The number of allylic oxidation sites excluding steroid dienone is 2. The largest absolute Gasteiger partial charge is 0.478 e. The van der Waals surface area contributed by atoms with Gasteiger partial charge in [0.2, 0.25) is 0 Å². The molecule has 1 rings (SSSR count). The van der Waals surface area contributed by atoms with Crippen LogP contribution in [0.1, 0.15) is 38.7 Å². The van der Waals surface area contributed by atoms with Gasteiger partial charge in [0.1, 0.15) is 0 Å². The first-order valence-corrected chi connectivity index (χ1v) is 6.31. The fraction of sp³-hybridized carbons (Fsp3) is 0.312. The summed E-state index contributed by atoms with van der Waals surface area (Å²) in [5.74, 6) is -0.807. The Labute approximate surface area is 109 Å². The summed E-state index contributed by atoms with van der Waals surface area (Å²) < 4.78 is 0. The molecule has 18 heavy (non-hydrogen) atoms. The predicted molar refractivity (Wildman–Crippen MR) is 75.3 cm³/mol. The molecule has 0 saturated carbocycles. The molecule has 0 amide bonds. The zero-order valence-electron chi connectivity index (χ0n) is 11.0. The number of carboxylic acid groups (broad SMARTS) is 1. The second-order valence-electron chi connectivity index (χ2n) is 4.31. The molecule has 0 aliphatic rings. The third-order valence-electron chi connectivity index (χ3n) is 2.84. The van der Waals surface area contributed by atoms with E-state index in [1.165, 1.54) is 0 Å². The molecule has 1 N–H and O–H groups in total. The summed E-state index contributed by atoms with van der Waals surface area (Å²) in [6.07, 6.45) is 6.39. The van der Waals surface area contributed by atoms with Crippen LogP contribution in [0.15, 0.2) is 47.6 Å². The lowest BCUT2D eigenvalue weighted by Gasteiger charge is -2.04. The van der Waals surface area contributed by atoms with Crippen molar-refractivity contribution in [2.75, 3.05) is 0 Å². The van der Waals surface area contributed by atoms with Gasteiger partial charge in [0.15, 0.2) is 0 Å². The van der Waals surface area contributed by atoms with Gasteiger partial charge in [-0.15, -0.1) is 0 Å². The fourth-order valence-electron chi connectivity index (χ4n) is 1.71. The van der Waals surface area contributed by atoms with Crippen molar-refractivity contribution in [2.24, 2.45) is 0 Å². The molecule has 1 aromatic carbocycles. The van der Waals surface area contributed by atoms with Gasteiger partial charge >= 0.3 is 5.97 Å². The van der Waals surface area contributed by atoms with Gasteiger partial charge in [-0.25, -0.2) is 4.79 Å². The minimum Gasteiger partial charge on any atom is -0.478 e. The Bertz CT molecular complexity index is 441. The van der Waals surface area contributed by atoms with E-state index < -0.39 is 5.97 Å². The molecular formula is C16H20O2. The second kappa shape index (κ2) is 7.49. The molecule has 1 aromatic rings. The Morgan fingerprint density at radius 3 is 2.50 bits per heavy atom. The van der Waals surface area contributed by atoms with Crippen molar-refractivity contribution < 1.29 is 9.90 Å². The average Bonchev–Trinajstić information content (AvgIpc) is 2.37. The molecule has 0 bridgehead atoms. The number of aliphatic carboxylic acids is 1. The Kier molecular flexibility index (Phi) is 5.92. The average molecular weight is 244 g/mol. The van der Waals surface area contributed by atoms with Crippen molar-refractivity contribution in [3.05, 3.63) is 53.1 Å². The highest BCUT2D eigenvalue weighted by atomic mass is 16.4. The summed E-state index contributed by atoms with van der Waals surface area (Å²) in [5.41, 5.74) is 2.43. The summed E-state index contributed by atoms with van der Waals surface area (Å²) >= 11 is 0. The highest BCUT2D eigenvalue weighted by molar-refractivity contribution is 5.88. The van der Waals surface area contributed by atoms with Gasteiger partial charge in [0.05, 0.1) is 0 Å². The first-order valence-electron chi connectivity index (χ1n) is 6.31. The molecule has 96 valence electrons. The second-order valence-corrected chi connectivity index (χ2v) is 4.31. The SMILES string of the molecule is CCCCC(C(=O)O)=C(C)C=Cc1ccccc1. The van der Waals surface area contributed by atoms with E-state index in [2.05, 4.69) is 6.92 Å². The van der Waals surface area contributed by atoms with Crippen molar-refractivity contribution in [1.82, 2.24) is 0 Å². The summed E-state index contributed by atoms with van der Waals surface area (Å²) in [5, 5.41) is 9.18. The molecule has 0 spiro atoms. The van der Waals surface area contributed by atoms with Gasteiger partial charge in [-0.1, -0.05) is 55.8 Å². The van der Waals surface area contributed by atoms with Crippen LogP contribution in [0.2, 0.25) is 0 Å². The summed E-state index contributed by atoms with van der Waals surface area (Å²) in [6, 6.07) is 9.89. The summed E-state index contributed by atoms with van der Waals surface area (Å²) in [7, 11) is 0. The molecule has 2 heteroatoms. The number of carbonyl (C=O) groups is 1. The topological polar surface area (TPSA) is 37.3 Å². The minimum atomic E-state index is -0.807. The number of benzene rings is 1. The van der Waals surface area contributed by atoms with Gasteiger partial charge in [0, 0.05) is 5.57 Å². The molecule has 2 nitrogen and oxygen atoms in total. The predicted octanol–water partition coefficient (Wildman–Crippen LogP) is 4.29. The Morgan fingerprint density at radius 2 is 1.94 bits per heavy atom. The molecule has 0 radical (unpaired) electrons. The van der Waals surface area contributed by atoms with Crippen molar-refractivity contribution in [1.29, 1.82) is 0 Å². The van der Waals surface area contributed by atoms with Crippen LogP contribution in [0.25, 0.3) is 6.08 Å². The molecule has 0 heterocycles. The molecule has 0 aliphatic heterocycles. The van der Waals surface area contributed by atoms with Gasteiger partial charge in [0.25, 0.3) is 0 Å². The van der Waals surface area contributed by atoms with Crippen molar-refractivity contribution in [3.8, 4) is 0 Å². The van der Waals surface area contributed by atoms with Crippen LogP contribution in [0, 0.1) is 0 Å². The van der Waals surface area contributed by atoms with Crippen LogP contribution in [0.4, 0.5) is 0 Å². The molecule has 0 aromatic heterocycles. The lowest BCUT2D eigenvalue weighted by Crippen LogP contribution is -2.02. The third-order valence-corrected chi connectivity index (χ3v) is 2.84. The van der Waals surface area contributed by atoms with E-state index >= 15 is 0 Å². The van der Waals surface area contributed by atoms with Crippen LogP contribution in [-0.2, 0) is 4.79 Å². The highest BCUT2D eigenvalue weighted by Crippen LogP contribution is 2.15. The first kappa shape index (κ1) is 14.2. The van der Waals surface area contributed by atoms with E-state index in [-0.39, 0.29) is 0 Å². The Balaban J connectivity index is 2.84. The quantitative estimate of drug-likeness (QED) is 0.598. The van der Waals surface area contributed by atoms with E-state index in [9.17, 15) is 9.90 Å². The molecule has 0 unspecified atom stereocenters. The summed E-state index contributed by atoms with van der Waals surface area (Å²) in [4.78, 5) is 11.2. The van der Waals surface area contributed by atoms with Crippen LogP contribution < -0.4 is 0 Å². The van der Waals surface area contributed by atoms with Crippen molar-refractivity contribution in [3.63, 3.8) is 0 Å². The maximum absolute atomic E-state index is 11.2. The highest BCUT2D eigenvalue weighted by Gasteiger charge is 2.08. The number of carboxylic acids is 1. The van der Waals surface area contributed by atoms with Crippen LogP contribution in [0.5, 0.6) is 0 Å². The van der Waals surface area contributed by atoms with Crippen molar-refractivity contribution in [2.45, 2.75) is 33.1 Å². The van der Waals surface area contributed by atoms with Crippen LogP contribution >= 0.6 is 0 Å². The standard InChI is InChI=1S/C16H20O2/c1-3-4-10-15(16(17)18)13(2)11-12-14-8-6-5-7-9-14/h5-9,11-12H,3-4,10H2,1-2H3,(H,17,18). The lowest BCUT2D eigenvalue weighted by molar-refractivity contribution is -0.132. The zero-order valence-corrected chi connectivity index (χ0v) is 11.0. The Hall–Kier alpha value is -1.83. The normalized spacial score (nSPS) is 12.6. The minimum absolute atomic E-state index is 0.518. The monoisotopic (exact) mass is 244 g/mol. The Morgan fingerprint density at radius 1 is 1.28 bits per heavy atom. The molecule has 0 saturated heterocycles. The van der Waals surface area contributed by atoms with Crippen LogP contribution in [-0.4, -0.2) is 11.1 Å². The third kappa shape index (κ3) is 4.58. The van der Waals surface area contributed by atoms with Gasteiger partial charge in [-0.05, 0) is 30.9 Å². The van der Waals surface area contributed by atoms with E-state index in [0.29, 0.717) is 12.0 Å². The maximum atomic E-state index is 11.2. The van der Waals surface area contributed by atoms with Gasteiger partial charge in [-0.3, -0.25) is 0 Å². The fourth-order valence-corrected chi connectivity index (χ4v) is 1.71. The first-order chi connectivity index (χ1) is 8.65. The molecule has 0 aliphatic carbocycles.